The molecule has 1 atom stereocenters. The van der Waals surface area contributed by atoms with Crippen LogP contribution in [-0.4, -0.2) is 30.9 Å². The van der Waals surface area contributed by atoms with E-state index in [9.17, 15) is 4.79 Å². The molecule has 0 radical (unpaired) electrons. The highest BCUT2D eigenvalue weighted by atomic mass is 35.5. The molecular formula is C17H15Cl2N5OS. The van der Waals surface area contributed by atoms with Crippen molar-refractivity contribution in [3.63, 3.8) is 0 Å². The second-order valence-electron chi connectivity index (χ2n) is 5.51. The second kappa shape index (κ2) is 8.07. The molecule has 0 unspecified atom stereocenters. The SMILES string of the molecule is C[C@@H](Sc1nnc(-c2ccncc2)n1C)C(=O)Nc1cc(Cl)cc(Cl)c1. The average molecular weight is 408 g/mol. The first kappa shape index (κ1) is 18.7. The fraction of sp³-hybridized carbons (Fsp3) is 0.176. The van der Waals surface area contributed by atoms with Crippen molar-refractivity contribution in [2.45, 2.75) is 17.3 Å². The van der Waals surface area contributed by atoms with E-state index in [0.717, 1.165) is 5.56 Å². The van der Waals surface area contributed by atoms with Gasteiger partial charge in [0.15, 0.2) is 11.0 Å². The molecule has 6 nitrogen and oxygen atoms in total. The number of anilines is 1. The zero-order chi connectivity index (χ0) is 18.7. The van der Waals surface area contributed by atoms with Crippen LogP contribution in [0.4, 0.5) is 5.69 Å². The Morgan fingerprint density at radius 3 is 2.46 bits per heavy atom. The van der Waals surface area contributed by atoms with Gasteiger partial charge in [-0.15, -0.1) is 10.2 Å². The fourth-order valence-corrected chi connectivity index (χ4v) is 3.59. The summed E-state index contributed by atoms with van der Waals surface area (Å²) in [4.78, 5) is 16.4. The van der Waals surface area contributed by atoms with Crippen LogP contribution in [0.2, 0.25) is 10.0 Å². The van der Waals surface area contributed by atoms with Crippen LogP contribution in [0.1, 0.15) is 6.92 Å². The zero-order valence-corrected chi connectivity index (χ0v) is 16.3. The molecule has 134 valence electrons. The van der Waals surface area contributed by atoms with Crippen LogP contribution >= 0.6 is 35.0 Å². The van der Waals surface area contributed by atoms with Gasteiger partial charge >= 0.3 is 0 Å². The van der Waals surface area contributed by atoms with Gasteiger partial charge in [0.05, 0.1) is 5.25 Å². The molecule has 9 heteroatoms. The second-order valence-corrected chi connectivity index (χ2v) is 7.69. The smallest absolute Gasteiger partial charge is 0.237 e. The van der Waals surface area contributed by atoms with E-state index in [2.05, 4.69) is 20.5 Å². The van der Waals surface area contributed by atoms with Crippen LogP contribution in [0.25, 0.3) is 11.4 Å². The van der Waals surface area contributed by atoms with Crippen LogP contribution in [0.3, 0.4) is 0 Å². The van der Waals surface area contributed by atoms with Gasteiger partial charge in [0.2, 0.25) is 5.91 Å². The van der Waals surface area contributed by atoms with Crippen molar-refractivity contribution in [2.24, 2.45) is 7.05 Å². The lowest BCUT2D eigenvalue weighted by Crippen LogP contribution is -2.22. The average Bonchev–Trinajstić information content (AvgIpc) is 2.95. The lowest BCUT2D eigenvalue weighted by molar-refractivity contribution is -0.115. The quantitative estimate of drug-likeness (QED) is 0.638. The van der Waals surface area contributed by atoms with Crippen molar-refractivity contribution in [1.82, 2.24) is 19.7 Å². The van der Waals surface area contributed by atoms with E-state index in [1.807, 2.05) is 23.7 Å². The number of thioether (sulfide) groups is 1. The van der Waals surface area contributed by atoms with Crippen molar-refractivity contribution >= 4 is 46.6 Å². The predicted molar refractivity (Wildman–Crippen MR) is 105 cm³/mol. The van der Waals surface area contributed by atoms with E-state index in [4.69, 9.17) is 23.2 Å². The van der Waals surface area contributed by atoms with Crippen LogP contribution in [0.15, 0.2) is 47.9 Å². The summed E-state index contributed by atoms with van der Waals surface area (Å²) < 4.78 is 1.85. The highest BCUT2D eigenvalue weighted by molar-refractivity contribution is 8.00. The van der Waals surface area contributed by atoms with Crippen LogP contribution in [0.5, 0.6) is 0 Å². The van der Waals surface area contributed by atoms with E-state index < -0.39 is 0 Å². The number of carbonyl (C=O) groups excluding carboxylic acids is 1. The highest BCUT2D eigenvalue weighted by Gasteiger charge is 2.19. The maximum absolute atomic E-state index is 12.4. The monoisotopic (exact) mass is 407 g/mol. The first-order valence-electron chi connectivity index (χ1n) is 7.67. The third-order valence-corrected chi connectivity index (χ3v) is 5.13. The van der Waals surface area contributed by atoms with E-state index in [-0.39, 0.29) is 11.2 Å². The lowest BCUT2D eigenvalue weighted by Gasteiger charge is -2.12. The van der Waals surface area contributed by atoms with Crippen molar-refractivity contribution in [1.29, 1.82) is 0 Å². The molecule has 0 aliphatic heterocycles. The number of hydrogen-bond acceptors (Lipinski definition) is 5. The number of nitrogens with one attached hydrogen (secondary N) is 1. The predicted octanol–water partition coefficient (Wildman–Crippen LogP) is 4.30. The normalized spacial score (nSPS) is 12.0. The van der Waals surface area contributed by atoms with Gasteiger partial charge in [0.1, 0.15) is 0 Å². The summed E-state index contributed by atoms with van der Waals surface area (Å²) in [5.74, 6) is 0.533. The van der Waals surface area contributed by atoms with Crippen molar-refractivity contribution in [3.05, 3.63) is 52.8 Å². The maximum Gasteiger partial charge on any atom is 0.237 e. The molecule has 0 spiro atoms. The van der Waals surface area contributed by atoms with Gasteiger partial charge in [-0.1, -0.05) is 35.0 Å². The molecule has 0 saturated carbocycles. The molecule has 0 aliphatic rings. The molecule has 2 aromatic heterocycles. The number of pyridine rings is 1. The minimum atomic E-state index is -0.388. The topological polar surface area (TPSA) is 72.7 Å². The summed E-state index contributed by atoms with van der Waals surface area (Å²) >= 11 is 13.2. The number of hydrogen-bond donors (Lipinski definition) is 1. The molecule has 0 bridgehead atoms. The van der Waals surface area contributed by atoms with Gasteiger partial charge in [-0.25, -0.2) is 0 Å². The molecule has 1 N–H and O–H groups in total. The first-order chi connectivity index (χ1) is 12.4. The largest absolute Gasteiger partial charge is 0.325 e. The van der Waals surface area contributed by atoms with E-state index in [1.165, 1.54) is 11.8 Å². The third kappa shape index (κ3) is 4.35. The molecule has 0 saturated heterocycles. The molecule has 2 heterocycles. The van der Waals surface area contributed by atoms with E-state index in [0.29, 0.717) is 26.7 Å². The van der Waals surface area contributed by atoms with Gasteiger partial charge in [0.25, 0.3) is 0 Å². The van der Waals surface area contributed by atoms with Crippen LogP contribution in [-0.2, 0) is 11.8 Å². The summed E-state index contributed by atoms with van der Waals surface area (Å²) in [6, 6.07) is 8.62. The number of carbonyl (C=O) groups is 1. The lowest BCUT2D eigenvalue weighted by atomic mass is 10.2. The molecule has 3 aromatic rings. The number of nitrogens with zero attached hydrogens (tertiary/aromatic N) is 4. The van der Waals surface area contributed by atoms with Crippen LogP contribution in [0, 0.1) is 0 Å². The molecule has 3 rings (SSSR count). The van der Waals surface area contributed by atoms with E-state index in [1.54, 1.807) is 37.5 Å². The molecule has 26 heavy (non-hydrogen) atoms. The Balaban J connectivity index is 1.71. The standard InChI is InChI=1S/C17H15Cl2N5OS/c1-10(16(25)21-14-8-12(18)7-13(19)9-14)26-17-23-22-15(24(17)2)11-3-5-20-6-4-11/h3-10H,1-2H3,(H,21,25)/t10-/m1/s1. The summed E-state index contributed by atoms with van der Waals surface area (Å²) in [6.07, 6.45) is 3.39. The molecule has 1 aromatic carbocycles. The Labute approximate surface area is 164 Å². The Morgan fingerprint density at radius 2 is 1.81 bits per heavy atom. The summed E-state index contributed by atoms with van der Waals surface area (Å²) in [5.41, 5.74) is 1.46. The summed E-state index contributed by atoms with van der Waals surface area (Å²) in [7, 11) is 1.86. The number of amides is 1. The van der Waals surface area contributed by atoms with Gasteiger partial charge in [-0.2, -0.15) is 0 Å². The Bertz CT molecular complexity index is 912. The Hall–Kier alpha value is -2.09. The van der Waals surface area contributed by atoms with Gasteiger partial charge in [-0.05, 0) is 37.3 Å². The summed E-state index contributed by atoms with van der Waals surface area (Å²) in [6.45, 7) is 1.80. The van der Waals surface area contributed by atoms with Gasteiger partial charge < -0.3 is 9.88 Å². The van der Waals surface area contributed by atoms with Gasteiger partial charge in [0, 0.05) is 40.7 Å². The Kier molecular flexibility index (Phi) is 5.80. The molecular weight excluding hydrogens is 393 g/mol. The maximum atomic E-state index is 12.4. The van der Waals surface area contributed by atoms with Crippen molar-refractivity contribution < 1.29 is 4.79 Å². The molecule has 0 aliphatic carbocycles. The Morgan fingerprint density at radius 1 is 1.15 bits per heavy atom. The number of benzene rings is 1. The minimum absolute atomic E-state index is 0.179. The third-order valence-electron chi connectivity index (χ3n) is 3.55. The van der Waals surface area contributed by atoms with Crippen molar-refractivity contribution in [2.75, 3.05) is 5.32 Å². The highest BCUT2D eigenvalue weighted by Crippen LogP contribution is 2.27. The summed E-state index contributed by atoms with van der Waals surface area (Å²) in [5, 5.41) is 12.4. The van der Waals surface area contributed by atoms with Crippen LogP contribution < -0.4 is 5.32 Å². The first-order valence-corrected chi connectivity index (χ1v) is 9.31. The molecule has 0 fully saturated rings. The fourth-order valence-electron chi connectivity index (χ4n) is 2.25. The number of halogens is 2. The number of aromatic nitrogens is 4. The minimum Gasteiger partial charge on any atom is -0.325 e. The van der Waals surface area contributed by atoms with Crippen molar-refractivity contribution in [3.8, 4) is 11.4 Å². The molecule has 1 amide bonds. The van der Waals surface area contributed by atoms with Gasteiger partial charge in [-0.3, -0.25) is 9.78 Å². The van der Waals surface area contributed by atoms with E-state index >= 15 is 0 Å². The number of rotatable bonds is 5. The zero-order valence-electron chi connectivity index (χ0n) is 14.0.